The number of hydrogen-bond donors (Lipinski definition) is 0. The minimum Gasteiger partial charge on any atom is -0.340 e. The van der Waals surface area contributed by atoms with Gasteiger partial charge in [0.25, 0.3) is 0 Å². The van der Waals surface area contributed by atoms with Gasteiger partial charge in [-0.25, -0.2) is 0 Å². The van der Waals surface area contributed by atoms with E-state index in [0.717, 1.165) is 27.9 Å². The first-order chi connectivity index (χ1) is 16.0. The van der Waals surface area contributed by atoms with Crippen molar-refractivity contribution in [2.24, 2.45) is 7.05 Å². The molecule has 7 heteroatoms. The number of rotatable bonds is 5. The standard InChI is InChI=1S/C26H23N5S2/c1-16-11-17(2)24(18(3)12-16)31-25(22-13-23-21(30(22)4)9-10-32-23)28-29-26(31)33-15-20-8-6-5-7-19(20)14-27/h5-13H,15H2,1-4H3. The maximum absolute atomic E-state index is 9.48. The Labute approximate surface area is 201 Å². The number of hydrogen-bond acceptors (Lipinski definition) is 5. The number of benzene rings is 2. The molecule has 164 valence electrons. The summed E-state index contributed by atoms with van der Waals surface area (Å²) in [6.45, 7) is 6.40. The SMILES string of the molecule is Cc1cc(C)c(-n2c(SCc3ccccc3C#N)nnc2-c2cc3sccc3n2C)c(C)c1. The van der Waals surface area contributed by atoms with Crippen LogP contribution in [0.3, 0.4) is 0 Å². The molecule has 5 rings (SSSR count). The normalized spacial score (nSPS) is 11.2. The first kappa shape index (κ1) is 21.5. The van der Waals surface area contributed by atoms with E-state index in [2.05, 4.69) is 82.9 Å². The second-order valence-electron chi connectivity index (χ2n) is 8.21. The molecule has 0 amide bonds. The van der Waals surface area contributed by atoms with Gasteiger partial charge < -0.3 is 4.57 Å². The van der Waals surface area contributed by atoms with Gasteiger partial charge in [0.05, 0.1) is 33.2 Å². The van der Waals surface area contributed by atoms with Crippen LogP contribution in [0.4, 0.5) is 0 Å². The molecule has 0 atom stereocenters. The van der Waals surface area contributed by atoms with Crippen LogP contribution in [-0.2, 0) is 12.8 Å². The predicted octanol–water partition coefficient (Wildman–Crippen LogP) is 6.58. The number of nitrogens with zero attached hydrogens (tertiary/aromatic N) is 5. The van der Waals surface area contributed by atoms with Gasteiger partial charge in [-0.15, -0.1) is 21.5 Å². The fraction of sp³-hybridized carbons (Fsp3) is 0.192. The summed E-state index contributed by atoms with van der Waals surface area (Å²) in [7, 11) is 2.08. The third-order valence-electron chi connectivity index (χ3n) is 5.88. The number of thiophene rings is 1. The van der Waals surface area contributed by atoms with Gasteiger partial charge in [-0.05, 0) is 61.0 Å². The van der Waals surface area contributed by atoms with Crippen LogP contribution in [0.5, 0.6) is 0 Å². The fourth-order valence-corrected chi connectivity index (χ4v) is 6.21. The molecule has 3 heterocycles. The second kappa shape index (κ2) is 8.54. The molecule has 0 saturated carbocycles. The quantitative estimate of drug-likeness (QED) is 0.273. The van der Waals surface area contributed by atoms with Crippen molar-refractivity contribution in [3.8, 4) is 23.3 Å². The summed E-state index contributed by atoms with van der Waals surface area (Å²) in [5.41, 5.74) is 8.64. The van der Waals surface area contributed by atoms with Gasteiger partial charge >= 0.3 is 0 Å². The third kappa shape index (κ3) is 3.75. The molecule has 0 fully saturated rings. The molecule has 0 N–H and O–H groups in total. The largest absolute Gasteiger partial charge is 0.340 e. The van der Waals surface area contributed by atoms with Gasteiger partial charge in [0.1, 0.15) is 0 Å². The van der Waals surface area contributed by atoms with Crippen molar-refractivity contribution in [3.63, 3.8) is 0 Å². The number of thioether (sulfide) groups is 1. The summed E-state index contributed by atoms with van der Waals surface area (Å²) in [6, 6.07) is 18.8. The molecule has 0 spiro atoms. The van der Waals surface area contributed by atoms with Crippen LogP contribution in [0, 0.1) is 32.1 Å². The molecule has 33 heavy (non-hydrogen) atoms. The Hall–Kier alpha value is -3.34. The summed E-state index contributed by atoms with van der Waals surface area (Å²) in [6.07, 6.45) is 0. The lowest BCUT2D eigenvalue weighted by Gasteiger charge is -2.17. The van der Waals surface area contributed by atoms with Crippen molar-refractivity contribution < 1.29 is 0 Å². The number of fused-ring (bicyclic) bond motifs is 1. The van der Waals surface area contributed by atoms with E-state index in [9.17, 15) is 5.26 Å². The van der Waals surface area contributed by atoms with Gasteiger partial charge in [0.2, 0.25) is 0 Å². The minimum absolute atomic E-state index is 0.647. The molecule has 5 aromatic rings. The highest BCUT2D eigenvalue weighted by Crippen LogP contribution is 2.36. The lowest BCUT2D eigenvalue weighted by atomic mass is 10.0. The van der Waals surface area contributed by atoms with E-state index in [1.54, 1.807) is 23.1 Å². The molecule has 0 radical (unpaired) electrons. The molecule has 0 aliphatic rings. The highest BCUT2D eigenvalue weighted by molar-refractivity contribution is 7.98. The molecule has 0 bridgehead atoms. The van der Waals surface area contributed by atoms with Crippen LogP contribution in [0.15, 0.2) is 59.1 Å². The molecule has 0 unspecified atom stereocenters. The van der Waals surface area contributed by atoms with Gasteiger partial charge in [-0.3, -0.25) is 4.57 Å². The molecule has 5 nitrogen and oxygen atoms in total. The molecule has 0 aliphatic carbocycles. The van der Waals surface area contributed by atoms with Gasteiger partial charge in [0.15, 0.2) is 11.0 Å². The van der Waals surface area contributed by atoms with Gasteiger partial charge in [-0.1, -0.05) is 47.7 Å². The topological polar surface area (TPSA) is 59.4 Å². The Morgan fingerprint density at radius 3 is 2.52 bits per heavy atom. The highest BCUT2D eigenvalue weighted by Gasteiger charge is 2.22. The van der Waals surface area contributed by atoms with Crippen molar-refractivity contribution in [3.05, 3.63) is 81.7 Å². The van der Waals surface area contributed by atoms with Crippen LogP contribution < -0.4 is 0 Å². The second-order valence-corrected chi connectivity index (χ2v) is 10.1. The van der Waals surface area contributed by atoms with E-state index in [1.807, 2.05) is 24.3 Å². The zero-order chi connectivity index (χ0) is 23.1. The smallest absolute Gasteiger partial charge is 0.196 e. The van der Waals surface area contributed by atoms with Crippen molar-refractivity contribution in [1.82, 2.24) is 19.3 Å². The highest BCUT2D eigenvalue weighted by atomic mass is 32.2. The van der Waals surface area contributed by atoms with E-state index in [-0.39, 0.29) is 0 Å². The van der Waals surface area contributed by atoms with Crippen LogP contribution in [0.1, 0.15) is 27.8 Å². The Bertz CT molecular complexity index is 1510. The number of aromatic nitrogens is 4. The van der Waals surface area contributed by atoms with Crippen LogP contribution in [0.2, 0.25) is 0 Å². The van der Waals surface area contributed by atoms with E-state index in [1.165, 1.54) is 26.9 Å². The lowest BCUT2D eigenvalue weighted by molar-refractivity contribution is 0.866. The van der Waals surface area contributed by atoms with Crippen LogP contribution in [-0.4, -0.2) is 19.3 Å². The summed E-state index contributed by atoms with van der Waals surface area (Å²) in [5.74, 6) is 1.47. The first-order valence-electron chi connectivity index (χ1n) is 10.7. The summed E-state index contributed by atoms with van der Waals surface area (Å²) >= 11 is 3.34. The maximum atomic E-state index is 9.48. The van der Waals surface area contributed by atoms with E-state index in [4.69, 9.17) is 0 Å². The Kier molecular flexibility index (Phi) is 5.57. The number of aryl methyl sites for hydroxylation is 4. The van der Waals surface area contributed by atoms with Gasteiger partial charge in [-0.2, -0.15) is 5.26 Å². The van der Waals surface area contributed by atoms with E-state index >= 15 is 0 Å². The minimum atomic E-state index is 0.647. The molecule has 2 aromatic carbocycles. The van der Waals surface area contributed by atoms with Crippen molar-refractivity contribution in [2.75, 3.05) is 0 Å². The monoisotopic (exact) mass is 469 g/mol. The van der Waals surface area contributed by atoms with Crippen molar-refractivity contribution in [2.45, 2.75) is 31.7 Å². The first-order valence-corrected chi connectivity index (χ1v) is 12.5. The van der Waals surface area contributed by atoms with Crippen molar-refractivity contribution in [1.29, 1.82) is 5.26 Å². The zero-order valence-electron chi connectivity index (χ0n) is 19.0. The fourth-order valence-electron chi connectivity index (χ4n) is 4.42. The average molecular weight is 470 g/mol. The molecular weight excluding hydrogens is 446 g/mol. The third-order valence-corrected chi connectivity index (χ3v) is 7.71. The van der Waals surface area contributed by atoms with Crippen molar-refractivity contribution >= 4 is 33.3 Å². The predicted molar refractivity (Wildman–Crippen MR) is 136 cm³/mol. The van der Waals surface area contributed by atoms with Crippen LogP contribution in [0.25, 0.3) is 27.4 Å². The molecule has 0 aliphatic heterocycles. The van der Waals surface area contributed by atoms with E-state index < -0.39 is 0 Å². The Morgan fingerprint density at radius 2 is 1.79 bits per heavy atom. The van der Waals surface area contributed by atoms with Crippen LogP contribution >= 0.6 is 23.1 Å². The number of nitriles is 1. The summed E-state index contributed by atoms with van der Waals surface area (Å²) in [4.78, 5) is 0. The summed E-state index contributed by atoms with van der Waals surface area (Å²) in [5, 5.41) is 21.7. The maximum Gasteiger partial charge on any atom is 0.196 e. The molecule has 0 saturated heterocycles. The molecule has 3 aromatic heterocycles. The zero-order valence-corrected chi connectivity index (χ0v) is 20.6. The van der Waals surface area contributed by atoms with Gasteiger partial charge in [0, 0.05) is 12.8 Å². The Morgan fingerprint density at radius 1 is 1.03 bits per heavy atom. The summed E-state index contributed by atoms with van der Waals surface area (Å²) < 4.78 is 5.60. The van der Waals surface area contributed by atoms with E-state index in [0.29, 0.717) is 11.3 Å². The Balaban J connectivity index is 1.67. The lowest BCUT2D eigenvalue weighted by Crippen LogP contribution is -2.06. The average Bonchev–Trinajstić information content (AvgIpc) is 3.48. The molecular formula is C26H23N5S2.